The molecule has 0 aromatic carbocycles. The molecule has 0 aliphatic carbocycles. The number of nitrogens with one attached hydrogen (secondary N) is 1. The molecule has 16 heavy (non-hydrogen) atoms. The number of aromatic nitrogens is 2. The van der Waals surface area contributed by atoms with E-state index in [4.69, 9.17) is 10.5 Å². The first-order chi connectivity index (χ1) is 7.72. The Balaban J connectivity index is 2.35. The van der Waals surface area contributed by atoms with Crippen molar-refractivity contribution in [3.63, 3.8) is 0 Å². The van der Waals surface area contributed by atoms with Crippen LogP contribution in [0.25, 0.3) is 0 Å². The molecule has 5 heteroatoms. The number of nitrogens with two attached hydrogens (primary N) is 1. The Morgan fingerprint density at radius 2 is 2.06 bits per heavy atom. The Morgan fingerprint density at radius 3 is 2.62 bits per heavy atom. The molecule has 1 heterocycles. The van der Waals surface area contributed by atoms with E-state index in [1.807, 2.05) is 0 Å². The molecule has 0 fully saturated rings. The summed E-state index contributed by atoms with van der Waals surface area (Å²) in [4.78, 5) is 8.28. The van der Waals surface area contributed by atoms with Crippen molar-refractivity contribution in [2.75, 3.05) is 25.0 Å². The molecule has 0 spiro atoms. The zero-order chi connectivity index (χ0) is 11.8. The van der Waals surface area contributed by atoms with E-state index < -0.39 is 0 Å². The Labute approximate surface area is 96.4 Å². The fraction of sp³-hybridized carbons (Fsp3) is 0.636. The minimum atomic E-state index is 0.502. The van der Waals surface area contributed by atoms with Crippen molar-refractivity contribution in [2.24, 2.45) is 11.7 Å². The number of hydrogen-bond donors (Lipinski definition) is 2. The van der Waals surface area contributed by atoms with Gasteiger partial charge >= 0.3 is 0 Å². The van der Waals surface area contributed by atoms with Crippen LogP contribution >= 0.6 is 0 Å². The van der Waals surface area contributed by atoms with Crippen molar-refractivity contribution in [3.05, 3.63) is 12.4 Å². The van der Waals surface area contributed by atoms with Gasteiger partial charge in [-0.1, -0.05) is 13.8 Å². The number of nitrogens with zero attached hydrogens (tertiary/aromatic N) is 2. The summed E-state index contributed by atoms with van der Waals surface area (Å²) in [5.41, 5.74) is 5.38. The first-order valence-electron chi connectivity index (χ1n) is 5.61. The van der Waals surface area contributed by atoms with Gasteiger partial charge in [0.25, 0.3) is 0 Å². The Hall–Kier alpha value is -1.36. The minimum absolute atomic E-state index is 0.502. The van der Waals surface area contributed by atoms with E-state index in [0.717, 1.165) is 13.0 Å². The van der Waals surface area contributed by atoms with Crippen molar-refractivity contribution in [2.45, 2.75) is 20.3 Å². The predicted octanol–water partition coefficient (Wildman–Crippen LogP) is 1.27. The monoisotopic (exact) mass is 224 g/mol. The van der Waals surface area contributed by atoms with Crippen LogP contribution in [0.1, 0.15) is 20.3 Å². The summed E-state index contributed by atoms with van der Waals surface area (Å²) in [6.07, 6.45) is 4.27. The lowest BCUT2D eigenvalue weighted by Crippen LogP contribution is -2.10. The van der Waals surface area contributed by atoms with Crippen LogP contribution in [0, 0.1) is 5.92 Å². The summed E-state index contributed by atoms with van der Waals surface area (Å²) in [5, 5.41) is 3.08. The van der Waals surface area contributed by atoms with E-state index in [0.29, 0.717) is 30.8 Å². The quantitative estimate of drug-likeness (QED) is 0.682. The molecule has 0 atom stereocenters. The molecule has 5 nitrogen and oxygen atoms in total. The van der Waals surface area contributed by atoms with E-state index in [9.17, 15) is 0 Å². The highest BCUT2D eigenvalue weighted by molar-refractivity contribution is 5.26. The van der Waals surface area contributed by atoms with Crippen LogP contribution in [0.2, 0.25) is 0 Å². The van der Waals surface area contributed by atoms with E-state index in [1.54, 1.807) is 12.4 Å². The number of anilines is 1. The minimum Gasteiger partial charge on any atom is -0.490 e. The Bertz CT molecular complexity index is 287. The fourth-order valence-corrected chi connectivity index (χ4v) is 1.05. The Kier molecular flexibility index (Phi) is 5.56. The van der Waals surface area contributed by atoms with Crippen LogP contribution in [0.5, 0.6) is 5.75 Å². The standard InChI is InChI=1S/C11H20N4O/c1-9(2)8-16-10-6-14-11(15-7-10)13-5-3-4-12/h6-7,9H,3-5,8,12H2,1-2H3,(H,13,14,15). The van der Waals surface area contributed by atoms with Crippen molar-refractivity contribution >= 4 is 5.95 Å². The zero-order valence-corrected chi connectivity index (χ0v) is 9.94. The van der Waals surface area contributed by atoms with Crippen molar-refractivity contribution in [3.8, 4) is 5.75 Å². The van der Waals surface area contributed by atoms with Crippen LogP contribution in [0.15, 0.2) is 12.4 Å². The van der Waals surface area contributed by atoms with Crippen LogP contribution in [0.4, 0.5) is 5.95 Å². The van der Waals surface area contributed by atoms with Gasteiger partial charge < -0.3 is 15.8 Å². The highest BCUT2D eigenvalue weighted by Crippen LogP contribution is 2.09. The smallest absolute Gasteiger partial charge is 0.222 e. The van der Waals surface area contributed by atoms with Gasteiger partial charge in [0.1, 0.15) is 0 Å². The van der Waals surface area contributed by atoms with Gasteiger partial charge in [-0.25, -0.2) is 9.97 Å². The predicted molar refractivity (Wildman–Crippen MR) is 64.5 cm³/mol. The van der Waals surface area contributed by atoms with E-state index in [1.165, 1.54) is 0 Å². The molecule has 0 amide bonds. The molecule has 0 aliphatic heterocycles. The second-order valence-corrected chi connectivity index (χ2v) is 4.02. The molecule has 0 aliphatic rings. The SMILES string of the molecule is CC(C)COc1cnc(NCCCN)nc1. The lowest BCUT2D eigenvalue weighted by atomic mass is 10.2. The molecule has 0 saturated heterocycles. The average Bonchev–Trinajstić information content (AvgIpc) is 2.28. The zero-order valence-electron chi connectivity index (χ0n) is 9.94. The molecule has 1 aromatic rings. The molecule has 1 aromatic heterocycles. The summed E-state index contributed by atoms with van der Waals surface area (Å²) in [6.45, 7) is 6.35. The first-order valence-corrected chi connectivity index (χ1v) is 5.61. The van der Waals surface area contributed by atoms with Gasteiger partial charge in [-0.3, -0.25) is 0 Å². The van der Waals surface area contributed by atoms with Crippen molar-refractivity contribution < 1.29 is 4.74 Å². The fourth-order valence-electron chi connectivity index (χ4n) is 1.05. The van der Waals surface area contributed by atoms with Gasteiger partial charge in [-0.05, 0) is 18.9 Å². The third-order valence-electron chi connectivity index (χ3n) is 1.88. The van der Waals surface area contributed by atoms with Crippen LogP contribution in [0.3, 0.4) is 0 Å². The molecule has 3 N–H and O–H groups in total. The molecular formula is C11H20N4O. The van der Waals surface area contributed by atoms with E-state index in [-0.39, 0.29) is 0 Å². The second-order valence-electron chi connectivity index (χ2n) is 4.02. The average molecular weight is 224 g/mol. The highest BCUT2D eigenvalue weighted by Gasteiger charge is 1.99. The number of rotatable bonds is 7. The highest BCUT2D eigenvalue weighted by atomic mass is 16.5. The topological polar surface area (TPSA) is 73.1 Å². The third kappa shape index (κ3) is 4.93. The summed E-state index contributed by atoms with van der Waals surface area (Å²) >= 11 is 0. The van der Waals surface area contributed by atoms with Crippen molar-refractivity contribution in [1.82, 2.24) is 9.97 Å². The Morgan fingerprint density at radius 1 is 1.38 bits per heavy atom. The molecule has 0 saturated carbocycles. The first kappa shape index (κ1) is 12.7. The molecule has 1 rings (SSSR count). The maximum atomic E-state index is 5.48. The summed E-state index contributed by atoms with van der Waals surface area (Å²) in [6, 6.07) is 0. The van der Waals surface area contributed by atoms with E-state index in [2.05, 4.69) is 29.1 Å². The molecular weight excluding hydrogens is 204 g/mol. The molecule has 0 unspecified atom stereocenters. The van der Waals surface area contributed by atoms with Gasteiger partial charge in [0.2, 0.25) is 5.95 Å². The van der Waals surface area contributed by atoms with Crippen LogP contribution in [-0.2, 0) is 0 Å². The normalized spacial score (nSPS) is 10.5. The van der Waals surface area contributed by atoms with Gasteiger partial charge in [0.15, 0.2) is 5.75 Å². The van der Waals surface area contributed by atoms with Gasteiger partial charge in [0.05, 0.1) is 19.0 Å². The van der Waals surface area contributed by atoms with Crippen molar-refractivity contribution in [1.29, 1.82) is 0 Å². The van der Waals surface area contributed by atoms with Gasteiger partial charge in [0, 0.05) is 6.54 Å². The second kappa shape index (κ2) is 7.00. The van der Waals surface area contributed by atoms with Gasteiger partial charge in [-0.15, -0.1) is 0 Å². The molecule has 90 valence electrons. The third-order valence-corrected chi connectivity index (χ3v) is 1.88. The molecule has 0 bridgehead atoms. The molecule has 0 radical (unpaired) electrons. The number of ether oxygens (including phenoxy) is 1. The lowest BCUT2D eigenvalue weighted by molar-refractivity contribution is 0.269. The van der Waals surface area contributed by atoms with Crippen LogP contribution in [-0.4, -0.2) is 29.7 Å². The van der Waals surface area contributed by atoms with Gasteiger partial charge in [-0.2, -0.15) is 0 Å². The maximum absolute atomic E-state index is 5.48. The van der Waals surface area contributed by atoms with Crippen LogP contribution < -0.4 is 15.8 Å². The van der Waals surface area contributed by atoms with E-state index >= 15 is 0 Å². The summed E-state index contributed by atoms with van der Waals surface area (Å²) < 4.78 is 5.48. The largest absolute Gasteiger partial charge is 0.490 e. The summed E-state index contributed by atoms with van der Waals surface area (Å²) in [5.74, 6) is 1.82. The number of hydrogen-bond acceptors (Lipinski definition) is 5. The lowest BCUT2D eigenvalue weighted by Gasteiger charge is -2.08. The summed E-state index contributed by atoms with van der Waals surface area (Å²) in [7, 11) is 0. The maximum Gasteiger partial charge on any atom is 0.222 e.